The molecule has 1 aromatic rings. The number of para-hydroxylation sites is 1. The minimum absolute atomic E-state index is 0.708. The Bertz CT molecular complexity index is 409. The van der Waals surface area contributed by atoms with Crippen LogP contribution in [0.1, 0.15) is 0 Å². The van der Waals surface area contributed by atoms with Gasteiger partial charge >= 0.3 is 0 Å². The number of nitrogens with zero attached hydrogens (tertiary/aromatic N) is 1. The second-order valence-corrected chi connectivity index (χ2v) is 9.07. The van der Waals surface area contributed by atoms with E-state index in [1.165, 1.54) is 0 Å². The molecule has 1 heterocycles. The molecular weight excluding hydrogens is 226 g/mol. The summed E-state index contributed by atoms with van der Waals surface area (Å²) < 4.78 is 1.85. The standard InChI is InChI=1S/C7H7NS4/c9-8-5-12(10,11)7-4-2-1-3-6(7)8/h1-4,9H,5H2. The van der Waals surface area contributed by atoms with Gasteiger partial charge in [-0.1, -0.05) is 24.9 Å². The molecule has 64 valence electrons. The molecule has 0 bridgehead atoms. The van der Waals surface area contributed by atoms with Gasteiger partial charge in [0.25, 0.3) is 0 Å². The van der Waals surface area contributed by atoms with Crippen LogP contribution in [0.5, 0.6) is 0 Å². The molecule has 0 atom stereocenters. The zero-order chi connectivity index (χ0) is 8.77. The number of thiol groups is 1. The molecule has 0 saturated carbocycles. The van der Waals surface area contributed by atoms with Gasteiger partial charge in [-0.3, -0.25) is 0 Å². The van der Waals surface area contributed by atoms with Crippen LogP contribution in [0.4, 0.5) is 5.69 Å². The molecule has 1 aromatic carbocycles. The van der Waals surface area contributed by atoms with Gasteiger partial charge in [0.2, 0.25) is 0 Å². The highest BCUT2D eigenvalue weighted by Crippen LogP contribution is 2.34. The first-order valence-corrected chi connectivity index (χ1v) is 7.45. The van der Waals surface area contributed by atoms with Crippen LogP contribution in [0.3, 0.4) is 0 Å². The third-order valence-corrected chi connectivity index (χ3v) is 5.64. The van der Waals surface area contributed by atoms with Crippen LogP contribution in [0.15, 0.2) is 29.2 Å². The van der Waals surface area contributed by atoms with Crippen molar-refractivity contribution in [2.24, 2.45) is 0 Å². The van der Waals surface area contributed by atoms with Crippen molar-refractivity contribution < 1.29 is 0 Å². The monoisotopic (exact) mass is 233 g/mol. The molecule has 1 aliphatic rings. The van der Waals surface area contributed by atoms with E-state index in [-0.39, 0.29) is 0 Å². The van der Waals surface area contributed by atoms with Gasteiger partial charge in [-0.25, -0.2) is 0 Å². The molecule has 1 nitrogen and oxygen atoms in total. The average molecular weight is 233 g/mol. The molecule has 12 heavy (non-hydrogen) atoms. The number of fused-ring (bicyclic) bond motifs is 1. The molecule has 0 unspecified atom stereocenters. The van der Waals surface area contributed by atoms with Gasteiger partial charge in [0, 0.05) is 4.90 Å². The summed E-state index contributed by atoms with van der Waals surface area (Å²) in [6.07, 6.45) is 0. The topological polar surface area (TPSA) is 3.24 Å². The smallest absolute Gasteiger partial charge is 0.0876 e. The number of hydrogen-bond acceptors (Lipinski definition) is 4. The Morgan fingerprint density at radius 1 is 1.33 bits per heavy atom. The van der Waals surface area contributed by atoms with E-state index in [2.05, 4.69) is 12.8 Å². The Hall–Kier alpha value is 0.160. The Labute approximate surface area is 87.1 Å². The van der Waals surface area contributed by atoms with E-state index in [4.69, 9.17) is 22.4 Å². The molecule has 0 radical (unpaired) electrons. The number of benzene rings is 1. The normalized spacial score (nSPS) is 19.2. The molecular formula is C7H7NS4. The summed E-state index contributed by atoms with van der Waals surface area (Å²) in [7, 11) is -1.44. The molecule has 0 saturated heterocycles. The maximum atomic E-state index is 5.35. The first-order chi connectivity index (χ1) is 5.61. The summed E-state index contributed by atoms with van der Waals surface area (Å²) in [5.74, 6) is 0.708. The van der Waals surface area contributed by atoms with Crippen molar-refractivity contribution in [2.75, 3.05) is 10.2 Å². The summed E-state index contributed by atoms with van der Waals surface area (Å²) >= 11 is 15.0. The van der Waals surface area contributed by atoms with Crippen molar-refractivity contribution in [3.8, 4) is 0 Å². The van der Waals surface area contributed by atoms with Crippen molar-refractivity contribution in [2.45, 2.75) is 4.90 Å². The van der Waals surface area contributed by atoms with Crippen LogP contribution in [0, 0.1) is 0 Å². The highest BCUT2D eigenvalue weighted by molar-refractivity contribution is 8.56. The minimum Gasteiger partial charge on any atom is -0.307 e. The van der Waals surface area contributed by atoms with Crippen LogP contribution in [-0.2, 0) is 29.5 Å². The van der Waals surface area contributed by atoms with E-state index in [9.17, 15) is 0 Å². The molecule has 0 spiro atoms. The van der Waals surface area contributed by atoms with Crippen molar-refractivity contribution in [3.63, 3.8) is 0 Å². The highest BCUT2D eigenvalue weighted by atomic mass is 33.1. The van der Waals surface area contributed by atoms with Gasteiger partial charge in [-0.2, -0.15) is 0 Å². The maximum absolute atomic E-state index is 5.35. The summed E-state index contributed by atoms with van der Waals surface area (Å²) in [4.78, 5) is 1.12. The van der Waals surface area contributed by atoms with E-state index in [0.717, 1.165) is 10.6 Å². The van der Waals surface area contributed by atoms with Crippen LogP contribution >= 0.6 is 12.8 Å². The molecule has 0 fully saturated rings. The van der Waals surface area contributed by atoms with Crippen LogP contribution in [0.2, 0.25) is 0 Å². The fourth-order valence-corrected chi connectivity index (χ4v) is 5.32. The predicted molar refractivity (Wildman–Crippen MR) is 63.1 cm³/mol. The molecule has 1 aliphatic heterocycles. The Balaban J connectivity index is 2.74. The average Bonchev–Trinajstić information content (AvgIpc) is 2.25. The van der Waals surface area contributed by atoms with Crippen molar-refractivity contribution >= 4 is 48.0 Å². The second kappa shape index (κ2) is 2.83. The minimum atomic E-state index is -1.44. The zero-order valence-electron chi connectivity index (χ0n) is 6.14. The van der Waals surface area contributed by atoms with E-state index in [1.807, 2.05) is 28.6 Å². The maximum Gasteiger partial charge on any atom is 0.0876 e. The zero-order valence-corrected chi connectivity index (χ0v) is 9.48. The lowest BCUT2D eigenvalue weighted by molar-refractivity contribution is 1.32. The predicted octanol–water partition coefficient (Wildman–Crippen LogP) is 1.75. The van der Waals surface area contributed by atoms with Crippen molar-refractivity contribution in [1.29, 1.82) is 0 Å². The highest BCUT2D eigenvalue weighted by Gasteiger charge is 2.23. The Morgan fingerprint density at radius 2 is 2.00 bits per heavy atom. The lowest BCUT2D eigenvalue weighted by Gasteiger charge is -2.07. The van der Waals surface area contributed by atoms with Crippen LogP contribution in [0.25, 0.3) is 0 Å². The summed E-state index contributed by atoms with van der Waals surface area (Å²) in [6, 6.07) is 7.98. The SMILES string of the molecule is S=S1(=S)CN(S)c2ccccc21. The Kier molecular flexibility index (Phi) is 2.07. The van der Waals surface area contributed by atoms with E-state index in [0.29, 0.717) is 5.88 Å². The fraction of sp³-hybridized carbons (Fsp3) is 0.143. The third-order valence-electron chi connectivity index (χ3n) is 1.77. The van der Waals surface area contributed by atoms with E-state index >= 15 is 0 Å². The lowest BCUT2D eigenvalue weighted by Crippen LogP contribution is -2.08. The van der Waals surface area contributed by atoms with Gasteiger partial charge in [-0.15, -0.1) is 0 Å². The van der Waals surface area contributed by atoms with Gasteiger partial charge in [0.15, 0.2) is 0 Å². The van der Waals surface area contributed by atoms with Gasteiger partial charge in [-0.05, 0) is 41.7 Å². The molecule has 0 N–H and O–H groups in total. The second-order valence-electron chi connectivity index (χ2n) is 2.61. The fourth-order valence-electron chi connectivity index (χ4n) is 1.23. The largest absolute Gasteiger partial charge is 0.307 e. The van der Waals surface area contributed by atoms with Gasteiger partial charge in [0.05, 0.1) is 11.6 Å². The van der Waals surface area contributed by atoms with Gasteiger partial charge < -0.3 is 4.31 Å². The number of rotatable bonds is 0. The lowest BCUT2D eigenvalue weighted by atomic mass is 10.3. The van der Waals surface area contributed by atoms with E-state index < -0.39 is 7.15 Å². The first kappa shape index (κ1) is 8.74. The Morgan fingerprint density at radius 3 is 2.67 bits per heavy atom. The van der Waals surface area contributed by atoms with E-state index in [1.54, 1.807) is 0 Å². The number of anilines is 1. The van der Waals surface area contributed by atoms with Crippen LogP contribution in [-0.4, -0.2) is 5.88 Å². The molecule has 0 aromatic heterocycles. The molecule has 5 heteroatoms. The van der Waals surface area contributed by atoms with Crippen molar-refractivity contribution in [1.82, 2.24) is 0 Å². The third kappa shape index (κ3) is 1.25. The molecule has 0 amide bonds. The summed E-state index contributed by atoms with van der Waals surface area (Å²) in [6.45, 7) is 0. The van der Waals surface area contributed by atoms with Gasteiger partial charge in [0.1, 0.15) is 0 Å². The van der Waals surface area contributed by atoms with Crippen molar-refractivity contribution in [3.05, 3.63) is 24.3 Å². The summed E-state index contributed by atoms with van der Waals surface area (Å²) in [5, 5.41) is 0. The van der Waals surface area contributed by atoms with Crippen LogP contribution < -0.4 is 4.31 Å². The first-order valence-electron chi connectivity index (χ1n) is 3.39. The molecule has 2 rings (SSSR count). The summed E-state index contributed by atoms with van der Waals surface area (Å²) in [5.41, 5.74) is 1.08. The molecule has 0 aliphatic carbocycles. The number of hydrogen-bond donors (Lipinski definition) is 1. The quantitative estimate of drug-likeness (QED) is 0.681.